The average molecular weight is 428 g/mol. The number of nitrogens with zero attached hydrogens (tertiary/aromatic N) is 2. The van der Waals surface area contributed by atoms with Crippen molar-refractivity contribution in [3.8, 4) is 0 Å². The molecule has 0 aliphatic rings. The number of amides is 1. The van der Waals surface area contributed by atoms with Crippen LogP contribution in [0.15, 0.2) is 41.1 Å². The van der Waals surface area contributed by atoms with Gasteiger partial charge < -0.3 is 9.15 Å². The molecule has 0 unspecified atom stereocenters. The van der Waals surface area contributed by atoms with Gasteiger partial charge in [-0.15, -0.1) is 0 Å². The number of hydrogen-bond donors (Lipinski definition) is 1. The predicted molar refractivity (Wildman–Crippen MR) is 99.6 cm³/mol. The van der Waals surface area contributed by atoms with E-state index in [9.17, 15) is 18.0 Å². The summed E-state index contributed by atoms with van der Waals surface area (Å²) >= 11 is 6.03. The number of benzene rings is 1. The first kappa shape index (κ1) is 20.8. The first-order valence-electron chi connectivity index (χ1n) is 8.50. The Kier molecular flexibility index (Phi) is 5.88. The molecule has 0 spiro atoms. The van der Waals surface area contributed by atoms with Crippen molar-refractivity contribution in [1.29, 1.82) is 0 Å². The molecule has 0 aliphatic heterocycles. The van der Waals surface area contributed by atoms with Gasteiger partial charge in [0.1, 0.15) is 18.2 Å². The Bertz CT molecular complexity index is 1030. The minimum atomic E-state index is -3.07. The van der Waals surface area contributed by atoms with E-state index in [2.05, 4.69) is 10.4 Å². The highest BCUT2D eigenvalue weighted by molar-refractivity contribution is 6.32. The zero-order chi connectivity index (χ0) is 21.2. The zero-order valence-corrected chi connectivity index (χ0v) is 16.3. The number of anilines is 1. The van der Waals surface area contributed by atoms with Crippen molar-refractivity contribution in [3.05, 3.63) is 70.1 Å². The van der Waals surface area contributed by atoms with Crippen molar-refractivity contribution in [1.82, 2.24) is 9.78 Å². The molecule has 154 valence electrons. The predicted octanol–water partition coefficient (Wildman–Crippen LogP) is 5.49. The van der Waals surface area contributed by atoms with Gasteiger partial charge in [-0.2, -0.15) is 13.9 Å². The monoisotopic (exact) mass is 427 g/mol. The molecule has 0 radical (unpaired) electrons. The van der Waals surface area contributed by atoms with Crippen LogP contribution in [0, 0.1) is 12.7 Å². The van der Waals surface area contributed by atoms with Crippen LogP contribution in [0.2, 0.25) is 5.02 Å². The molecule has 6 nitrogen and oxygen atoms in total. The summed E-state index contributed by atoms with van der Waals surface area (Å²) in [5.74, 6) is -3.80. The standard InChI is InChI=1S/C19H17ClF3N3O3/c1-11-3-5-15(21)14(17(11)20)10-28-18(27)25-12-7-24-26(8-12)9-13-4-6-16(29-13)19(2,22)23/h3-8H,9-10H2,1-2H3,(H,25,27). The lowest BCUT2D eigenvalue weighted by Gasteiger charge is -2.09. The highest BCUT2D eigenvalue weighted by Gasteiger charge is 2.28. The Labute approximate surface area is 169 Å². The zero-order valence-electron chi connectivity index (χ0n) is 15.5. The third-order valence-corrected chi connectivity index (χ3v) is 4.54. The molecular formula is C19H17ClF3N3O3. The minimum absolute atomic E-state index is 0.0823. The SMILES string of the molecule is Cc1ccc(F)c(COC(=O)Nc2cnn(Cc3ccc(C(C)(F)F)o3)c2)c1Cl. The Morgan fingerprint density at radius 2 is 2.10 bits per heavy atom. The lowest BCUT2D eigenvalue weighted by atomic mass is 10.1. The van der Waals surface area contributed by atoms with Crippen molar-refractivity contribution in [3.63, 3.8) is 0 Å². The molecule has 29 heavy (non-hydrogen) atoms. The number of rotatable bonds is 6. The van der Waals surface area contributed by atoms with E-state index in [0.29, 0.717) is 11.3 Å². The Balaban J connectivity index is 1.57. The summed E-state index contributed by atoms with van der Waals surface area (Å²) in [6, 6.07) is 5.40. The molecular weight excluding hydrogens is 411 g/mol. The van der Waals surface area contributed by atoms with E-state index in [1.807, 2.05) is 0 Å². The van der Waals surface area contributed by atoms with Gasteiger partial charge in [0.15, 0.2) is 5.76 Å². The molecule has 0 saturated carbocycles. The van der Waals surface area contributed by atoms with Gasteiger partial charge in [-0.25, -0.2) is 9.18 Å². The largest absolute Gasteiger partial charge is 0.458 e. The molecule has 1 aromatic carbocycles. The van der Waals surface area contributed by atoms with Crippen molar-refractivity contribution in [2.45, 2.75) is 32.9 Å². The van der Waals surface area contributed by atoms with Crippen LogP contribution in [-0.2, 0) is 23.8 Å². The van der Waals surface area contributed by atoms with Gasteiger partial charge in [-0.3, -0.25) is 10.00 Å². The number of halogens is 4. The highest BCUT2D eigenvalue weighted by atomic mass is 35.5. The van der Waals surface area contributed by atoms with Crippen LogP contribution in [-0.4, -0.2) is 15.9 Å². The minimum Gasteiger partial charge on any atom is -0.458 e. The van der Waals surface area contributed by atoms with Gasteiger partial charge in [-0.05, 0) is 30.7 Å². The first-order valence-corrected chi connectivity index (χ1v) is 8.88. The molecule has 10 heteroatoms. The van der Waals surface area contributed by atoms with Crippen LogP contribution in [0.5, 0.6) is 0 Å². The van der Waals surface area contributed by atoms with Crippen molar-refractivity contribution >= 4 is 23.4 Å². The summed E-state index contributed by atoms with van der Waals surface area (Å²) in [4.78, 5) is 11.9. The van der Waals surface area contributed by atoms with Crippen LogP contribution in [0.4, 0.5) is 23.7 Å². The van der Waals surface area contributed by atoms with Gasteiger partial charge in [0.05, 0.1) is 23.5 Å². The molecule has 0 atom stereocenters. The van der Waals surface area contributed by atoms with E-state index >= 15 is 0 Å². The summed E-state index contributed by atoms with van der Waals surface area (Å²) in [6.45, 7) is 2.21. The highest BCUT2D eigenvalue weighted by Crippen LogP contribution is 2.28. The fourth-order valence-corrected chi connectivity index (χ4v) is 2.72. The summed E-state index contributed by atoms with van der Waals surface area (Å²) in [6.07, 6.45) is 1.99. The first-order chi connectivity index (χ1) is 13.6. The number of alkyl halides is 2. The number of ether oxygens (including phenoxy) is 1. The molecule has 3 aromatic rings. The van der Waals surface area contributed by atoms with E-state index in [-0.39, 0.29) is 29.5 Å². The van der Waals surface area contributed by atoms with Gasteiger partial charge in [0.25, 0.3) is 0 Å². The van der Waals surface area contributed by atoms with Crippen LogP contribution >= 0.6 is 11.6 Å². The number of nitrogens with one attached hydrogen (secondary N) is 1. The number of furan rings is 1. The molecule has 0 fully saturated rings. The normalized spacial score (nSPS) is 11.5. The third kappa shape index (κ3) is 5.11. The van der Waals surface area contributed by atoms with Crippen LogP contribution < -0.4 is 5.32 Å². The molecule has 0 saturated heterocycles. The number of aromatic nitrogens is 2. The van der Waals surface area contributed by atoms with Crippen molar-refractivity contribution in [2.75, 3.05) is 5.32 Å². The van der Waals surface area contributed by atoms with Gasteiger partial charge in [0, 0.05) is 18.7 Å². The third-order valence-electron chi connectivity index (χ3n) is 4.02. The maximum absolute atomic E-state index is 13.8. The summed E-state index contributed by atoms with van der Waals surface area (Å²) in [7, 11) is 0. The fraction of sp³-hybridized carbons (Fsp3) is 0.263. The molecule has 1 amide bonds. The van der Waals surface area contributed by atoms with E-state index in [4.69, 9.17) is 20.8 Å². The second-order valence-electron chi connectivity index (χ2n) is 6.44. The van der Waals surface area contributed by atoms with Gasteiger partial charge in [-0.1, -0.05) is 17.7 Å². The fourth-order valence-electron chi connectivity index (χ4n) is 2.51. The lowest BCUT2D eigenvalue weighted by molar-refractivity contribution is -0.00636. The summed E-state index contributed by atoms with van der Waals surface area (Å²) in [5, 5.41) is 6.65. The lowest BCUT2D eigenvalue weighted by Crippen LogP contribution is -2.14. The topological polar surface area (TPSA) is 69.3 Å². The van der Waals surface area contributed by atoms with Crippen LogP contribution in [0.25, 0.3) is 0 Å². The Hall–Kier alpha value is -2.94. The van der Waals surface area contributed by atoms with Gasteiger partial charge in [0.2, 0.25) is 0 Å². The molecule has 3 rings (SSSR count). The number of aryl methyl sites for hydroxylation is 1. The second kappa shape index (κ2) is 8.20. The quantitative estimate of drug-likeness (QED) is 0.565. The number of hydrogen-bond acceptors (Lipinski definition) is 4. The molecule has 2 aromatic heterocycles. The molecule has 0 aliphatic carbocycles. The van der Waals surface area contributed by atoms with Crippen molar-refractivity contribution < 1.29 is 27.1 Å². The summed E-state index contributed by atoms with van der Waals surface area (Å²) in [5.41, 5.74) is 1.05. The van der Waals surface area contributed by atoms with Crippen molar-refractivity contribution in [2.24, 2.45) is 0 Å². The van der Waals surface area contributed by atoms with E-state index in [1.165, 1.54) is 41.3 Å². The smallest absolute Gasteiger partial charge is 0.412 e. The van der Waals surface area contributed by atoms with E-state index < -0.39 is 23.6 Å². The maximum Gasteiger partial charge on any atom is 0.412 e. The Morgan fingerprint density at radius 3 is 2.79 bits per heavy atom. The Morgan fingerprint density at radius 1 is 1.34 bits per heavy atom. The van der Waals surface area contributed by atoms with Crippen LogP contribution in [0.1, 0.15) is 29.6 Å². The second-order valence-corrected chi connectivity index (χ2v) is 6.82. The average Bonchev–Trinajstić information content (AvgIpc) is 3.28. The van der Waals surface area contributed by atoms with E-state index in [0.717, 1.165) is 6.92 Å². The summed E-state index contributed by atoms with van der Waals surface area (Å²) < 4.78 is 51.7. The molecule has 1 N–H and O–H groups in total. The van der Waals surface area contributed by atoms with Gasteiger partial charge >= 0.3 is 12.0 Å². The maximum atomic E-state index is 13.8. The number of carbonyl (C=O) groups is 1. The van der Waals surface area contributed by atoms with Crippen LogP contribution in [0.3, 0.4) is 0 Å². The van der Waals surface area contributed by atoms with E-state index in [1.54, 1.807) is 6.92 Å². The molecule has 0 bridgehead atoms. The molecule has 2 heterocycles. The number of carbonyl (C=O) groups excluding carboxylic acids is 1.